The number of amides is 1. The first-order valence-electron chi connectivity index (χ1n) is 9.31. The van der Waals surface area contributed by atoms with E-state index in [-0.39, 0.29) is 18.0 Å². The highest BCUT2D eigenvalue weighted by Gasteiger charge is 2.14. The van der Waals surface area contributed by atoms with Gasteiger partial charge in [-0.25, -0.2) is 4.68 Å². The smallest absolute Gasteiger partial charge is 0.269 e. The Hall–Kier alpha value is -3.18. The Morgan fingerprint density at radius 2 is 2.00 bits per heavy atom. The molecule has 1 aromatic carbocycles. The molecule has 3 rings (SSSR count). The third-order valence-corrected chi connectivity index (χ3v) is 4.81. The van der Waals surface area contributed by atoms with E-state index in [1.165, 1.54) is 4.68 Å². The summed E-state index contributed by atoms with van der Waals surface area (Å²) in [7, 11) is 2.09. The van der Waals surface area contributed by atoms with Crippen molar-refractivity contribution in [1.82, 2.24) is 20.0 Å². The summed E-state index contributed by atoms with van der Waals surface area (Å²) in [5, 5.41) is 15.7. The predicted octanol–water partition coefficient (Wildman–Crippen LogP) is 0.573. The van der Waals surface area contributed by atoms with Crippen LogP contribution in [0.25, 0.3) is 0 Å². The van der Waals surface area contributed by atoms with E-state index in [9.17, 15) is 9.59 Å². The lowest BCUT2D eigenvalue weighted by molar-refractivity contribution is -0.122. The molecule has 1 fully saturated rings. The van der Waals surface area contributed by atoms with Crippen LogP contribution in [0.5, 0.6) is 0 Å². The fourth-order valence-corrected chi connectivity index (χ4v) is 3.11. The number of anilines is 1. The summed E-state index contributed by atoms with van der Waals surface area (Å²) in [6, 6.07) is 10.6. The molecule has 0 unspecified atom stereocenters. The third kappa shape index (κ3) is 5.18. The summed E-state index contributed by atoms with van der Waals surface area (Å²) in [6.07, 6.45) is 2.69. The van der Waals surface area contributed by atoms with E-state index >= 15 is 0 Å². The number of nitriles is 1. The molecule has 2 heterocycles. The SMILES string of the molecule is CN1CCCN(c2cnn(CC(=O)NCc3ccc(C#N)cc3)c(=O)c2)CC1. The van der Waals surface area contributed by atoms with Gasteiger partial charge < -0.3 is 15.1 Å². The minimum Gasteiger partial charge on any atom is -0.369 e. The van der Waals surface area contributed by atoms with E-state index in [1.54, 1.807) is 36.5 Å². The largest absolute Gasteiger partial charge is 0.369 e. The van der Waals surface area contributed by atoms with Crippen molar-refractivity contribution in [3.63, 3.8) is 0 Å². The van der Waals surface area contributed by atoms with Gasteiger partial charge in [0.25, 0.3) is 5.56 Å². The Labute approximate surface area is 164 Å². The van der Waals surface area contributed by atoms with Gasteiger partial charge >= 0.3 is 0 Å². The zero-order valence-electron chi connectivity index (χ0n) is 16.0. The van der Waals surface area contributed by atoms with Crippen molar-refractivity contribution >= 4 is 11.6 Å². The Balaban J connectivity index is 1.57. The lowest BCUT2D eigenvalue weighted by Gasteiger charge is -2.22. The maximum absolute atomic E-state index is 12.4. The first kappa shape index (κ1) is 19.6. The Morgan fingerprint density at radius 1 is 1.21 bits per heavy atom. The van der Waals surface area contributed by atoms with E-state index < -0.39 is 0 Å². The molecule has 0 aliphatic carbocycles. The van der Waals surface area contributed by atoms with Crippen molar-refractivity contribution in [3.05, 3.63) is 58.0 Å². The minimum absolute atomic E-state index is 0.127. The molecule has 1 aliphatic heterocycles. The van der Waals surface area contributed by atoms with Gasteiger partial charge in [-0.1, -0.05) is 12.1 Å². The highest BCUT2D eigenvalue weighted by Crippen LogP contribution is 2.12. The Kier molecular flexibility index (Phi) is 6.40. The molecule has 0 saturated carbocycles. The number of carbonyl (C=O) groups excluding carboxylic acids is 1. The van der Waals surface area contributed by atoms with Crippen LogP contribution in [0, 0.1) is 11.3 Å². The van der Waals surface area contributed by atoms with Gasteiger partial charge in [-0.2, -0.15) is 10.4 Å². The van der Waals surface area contributed by atoms with Crippen LogP contribution in [0.15, 0.2) is 41.3 Å². The average molecular weight is 380 g/mol. The number of likely N-dealkylation sites (N-methyl/N-ethyl adjacent to an activating group) is 1. The van der Waals surface area contributed by atoms with Gasteiger partial charge in [-0.15, -0.1) is 0 Å². The molecule has 1 saturated heterocycles. The number of aromatic nitrogens is 2. The maximum atomic E-state index is 12.4. The number of rotatable bonds is 5. The topological polar surface area (TPSA) is 94.3 Å². The summed E-state index contributed by atoms with van der Waals surface area (Å²) < 4.78 is 1.17. The van der Waals surface area contributed by atoms with Crippen LogP contribution >= 0.6 is 0 Å². The number of nitrogens with zero attached hydrogens (tertiary/aromatic N) is 5. The van der Waals surface area contributed by atoms with Gasteiger partial charge in [0.15, 0.2) is 0 Å². The molecule has 8 nitrogen and oxygen atoms in total. The zero-order chi connectivity index (χ0) is 19.9. The molecular weight excluding hydrogens is 356 g/mol. The molecular formula is C20H24N6O2. The minimum atomic E-state index is -0.289. The van der Waals surface area contributed by atoms with Crippen LogP contribution in [-0.4, -0.2) is 53.8 Å². The standard InChI is InChI=1S/C20H24N6O2/c1-24-7-2-8-25(10-9-24)18-11-20(28)26(23-14-18)15-19(27)22-13-17-5-3-16(12-21)4-6-17/h3-6,11,14H,2,7-10,13,15H2,1H3,(H,22,27). The fourth-order valence-electron chi connectivity index (χ4n) is 3.11. The van der Waals surface area contributed by atoms with Gasteiger partial charge in [-0.3, -0.25) is 9.59 Å². The van der Waals surface area contributed by atoms with Crippen LogP contribution < -0.4 is 15.8 Å². The van der Waals surface area contributed by atoms with Gasteiger partial charge in [-0.05, 0) is 37.7 Å². The molecule has 8 heteroatoms. The van der Waals surface area contributed by atoms with E-state index in [0.717, 1.165) is 43.9 Å². The summed E-state index contributed by atoms with van der Waals surface area (Å²) in [6.45, 7) is 3.94. The Bertz CT molecular complexity index is 916. The van der Waals surface area contributed by atoms with Crippen LogP contribution in [0.3, 0.4) is 0 Å². The molecule has 28 heavy (non-hydrogen) atoms. The number of benzene rings is 1. The number of hydrogen-bond acceptors (Lipinski definition) is 6. The maximum Gasteiger partial charge on any atom is 0.269 e. The van der Waals surface area contributed by atoms with E-state index in [1.807, 2.05) is 0 Å². The van der Waals surface area contributed by atoms with Crippen molar-refractivity contribution < 1.29 is 4.79 Å². The highest BCUT2D eigenvalue weighted by molar-refractivity contribution is 5.75. The molecule has 146 valence electrons. The van der Waals surface area contributed by atoms with E-state index in [4.69, 9.17) is 5.26 Å². The van der Waals surface area contributed by atoms with Crippen LogP contribution in [0.4, 0.5) is 5.69 Å². The van der Waals surface area contributed by atoms with Crippen LogP contribution in [0.2, 0.25) is 0 Å². The molecule has 0 bridgehead atoms. The number of hydrogen-bond donors (Lipinski definition) is 1. The fraction of sp³-hybridized carbons (Fsp3) is 0.400. The summed E-state index contributed by atoms with van der Waals surface area (Å²) in [5.41, 5.74) is 1.97. The molecule has 1 aliphatic rings. The molecule has 1 amide bonds. The monoisotopic (exact) mass is 380 g/mol. The van der Waals surface area contributed by atoms with Crippen LogP contribution in [0.1, 0.15) is 17.5 Å². The van der Waals surface area contributed by atoms with Gasteiger partial charge in [0.1, 0.15) is 6.54 Å². The van der Waals surface area contributed by atoms with Gasteiger partial charge in [0.2, 0.25) is 5.91 Å². The average Bonchev–Trinajstić information content (AvgIpc) is 2.93. The molecule has 1 N–H and O–H groups in total. The van der Waals surface area contributed by atoms with Crippen molar-refractivity contribution in [3.8, 4) is 6.07 Å². The second-order valence-electron chi connectivity index (χ2n) is 6.94. The van der Waals surface area contributed by atoms with Crippen molar-refractivity contribution in [2.75, 3.05) is 38.1 Å². The molecule has 1 aromatic heterocycles. The molecule has 0 spiro atoms. The normalized spacial score (nSPS) is 14.9. The van der Waals surface area contributed by atoms with Crippen molar-refractivity contribution in [1.29, 1.82) is 5.26 Å². The van der Waals surface area contributed by atoms with E-state index in [0.29, 0.717) is 12.1 Å². The Morgan fingerprint density at radius 3 is 2.71 bits per heavy atom. The first-order chi connectivity index (χ1) is 13.5. The predicted molar refractivity (Wildman–Crippen MR) is 106 cm³/mol. The van der Waals surface area contributed by atoms with Crippen LogP contribution in [-0.2, 0) is 17.9 Å². The number of nitrogens with one attached hydrogen (secondary N) is 1. The molecule has 0 radical (unpaired) electrons. The lowest BCUT2D eigenvalue weighted by Crippen LogP contribution is -2.35. The second kappa shape index (κ2) is 9.15. The summed E-state index contributed by atoms with van der Waals surface area (Å²) >= 11 is 0. The first-order valence-corrected chi connectivity index (χ1v) is 9.31. The highest BCUT2D eigenvalue weighted by atomic mass is 16.2. The van der Waals surface area contributed by atoms with Crippen molar-refractivity contribution in [2.24, 2.45) is 0 Å². The van der Waals surface area contributed by atoms with Gasteiger partial charge in [0, 0.05) is 32.2 Å². The van der Waals surface area contributed by atoms with Gasteiger partial charge in [0.05, 0.1) is 23.5 Å². The van der Waals surface area contributed by atoms with E-state index in [2.05, 4.69) is 33.3 Å². The van der Waals surface area contributed by atoms with Crippen molar-refractivity contribution in [2.45, 2.75) is 19.5 Å². The number of carbonyl (C=O) groups is 1. The summed E-state index contributed by atoms with van der Waals surface area (Å²) in [5.74, 6) is -0.289. The second-order valence-corrected chi connectivity index (χ2v) is 6.94. The summed E-state index contributed by atoms with van der Waals surface area (Å²) in [4.78, 5) is 28.9. The quantitative estimate of drug-likeness (QED) is 0.815. The molecule has 0 atom stereocenters. The lowest BCUT2D eigenvalue weighted by atomic mass is 10.1. The zero-order valence-corrected chi connectivity index (χ0v) is 16.0. The third-order valence-electron chi connectivity index (χ3n) is 4.81. The molecule has 2 aromatic rings.